The van der Waals surface area contributed by atoms with Crippen molar-refractivity contribution in [2.45, 2.75) is 33.9 Å². The van der Waals surface area contributed by atoms with E-state index < -0.39 is 11.7 Å². The first-order valence-corrected chi connectivity index (χ1v) is 16.2. The molecule has 2 aromatic heterocycles. The van der Waals surface area contributed by atoms with Crippen LogP contribution in [0.2, 0.25) is 0 Å². The molecule has 8 rings (SSSR count). The summed E-state index contributed by atoms with van der Waals surface area (Å²) in [5, 5.41) is 24.9. The molecule has 7 heteroatoms. The Labute approximate surface area is 286 Å². The number of hydrogen-bond acceptors (Lipinski definition) is 2. The van der Waals surface area contributed by atoms with Crippen molar-refractivity contribution in [2.24, 2.45) is 0 Å². The van der Waals surface area contributed by atoms with Gasteiger partial charge >= 0.3 is 6.18 Å². The van der Waals surface area contributed by atoms with E-state index in [0.29, 0.717) is 11.4 Å². The molecule has 0 amide bonds. The minimum Gasteiger partial charge on any atom is -0.309 e. The molecule has 0 spiro atoms. The Kier molecular flexibility index (Phi) is 6.89. The van der Waals surface area contributed by atoms with Crippen LogP contribution in [0.1, 0.15) is 38.9 Å². The highest BCUT2D eigenvalue weighted by Crippen LogP contribution is 2.45. The normalized spacial score (nSPS) is 11.9. The van der Waals surface area contributed by atoms with Gasteiger partial charge < -0.3 is 9.13 Å². The summed E-state index contributed by atoms with van der Waals surface area (Å²) in [6.45, 7) is 7.90. The van der Waals surface area contributed by atoms with Crippen molar-refractivity contribution in [2.75, 3.05) is 0 Å². The van der Waals surface area contributed by atoms with Gasteiger partial charge in [-0.15, -0.1) is 0 Å². The molecule has 0 atom stereocenters. The molecule has 0 saturated heterocycles. The largest absolute Gasteiger partial charge is 0.417 e. The van der Waals surface area contributed by atoms with Gasteiger partial charge in [0.05, 0.1) is 56.2 Å². The Morgan fingerprint density at radius 3 is 1.32 bits per heavy atom. The number of rotatable bonds is 3. The van der Waals surface area contributed by atoms with E-state index in [1.165, 1.54) is 12.1 Å². The first-order valence-electron chi connectivity index (χ1n) is 16.2. The fraction of sp³-hybridized carbons (Fsp3) is 0.116. The number of aryl methyl sites for hydroxylation is 4. The Bertz CT molecular complexity index is 2700. The molecular formula is C43H29F3N4. The third-order valence-corrected chi connectivity index (χ3v) is 9.63. The molecular weight excluding hydrogens is 629 g/mol. The lowest BCUT2D eigenvalue weighted by molar-refractivity contribution is -0.137. The van der Waals surface area contributed by atoms with Crippen LogP contribution in [0.5, 0.6) is 0 Å². The van der Waals surface area contributed by atoms with E-state index in [9.17, 15) is 23.7 Å². The molecule has 0 bridgehead atoms. The Morgan fingerprint density at radius 1 is 0.500 bits per heavy atom. The second-order valence-corrected chi connectivity index (χ2v) is 13.1. The number of nitrogens with zero attached hydrogens (tertiary/aromatic N) is 4. The minimum absolute atomic E-state index is 0.112. The van der Waals surface area contributed by atoms with Gasteiger partial charge in [0.1, 0.15) is 6.07 Å². The minimum atomic E-state index is -4.76. The van der Waals surface area contributed by atoms with Crippen molar-refractivity contribution >= 4 is 43.6 Å². The van der Waals surface area contributed by atoms with Gasteiger partial charge in [-0.3, -0.25) is 0 Å². The van der Waals surface area contributed by atoms with Crippen LogP contribution in [-0.2, 0) is 6.18 Å². The van der Waals surface area contributed by atoms with Gasteiger partial charge in [0.25, 0.3) is 0 Å². The molecule has 242 valence electrons. The number of aromatic nitrogens is 2. The number of nitriles is 2. The van der Waals surface area contributed by atoms with Crippen molar-refractivity contribution in [1.29, 1.82) is 10.5 Å². The van der Waals surface area contributed by atoms with Crippen molar-refractivity contribution in [1.82, 2.24) is 9.13 Å². The van der Waals surface area contributed by atoms with E-state index in [2.05, 4.69) is 6.07 Å². The SMILES string of the molecule is Cc1ccc2c3ccc(C)cc3n(-c3cc(-c4c(C#N)cccc4C(F)(F)F)c(-n4c5cc(C)ccc5c5ccc(C)cc54)cc3C#N)c2c1. The number of benzene rings is 6. The van der Waals surface area contributed by atoms with Crippen molar-refractivity contribution in [3.8, 4) is 34.6 Å². The van der Waals surface area contributed by atoms with Gasteiger partial charge in [-0.2, -0.15) is 23.7 Å². The zero-order valence-corrected chi connectivity index (χ0v) is 27.7. The summed E-state index contributed by atoms with van der Waals surface area (Å²) >= 11 is 0. The Morgan fingerprint density at radius 2 is 0.920 bits per heavy atom. The summed E-state index contributed by atoms with van der Waals surface area (Å²) in [6.07, 6.45) is -4.76. The molecule has 0 aliphatic rings. The summed E-state index contributed by atoms with van der Waals surface area (Å²) in [7, 11) is 0. The highest BCUT2D eigenvalue weighted by molar-refractivity contribution is 6.11. The first-order chi connectivity index (χ1) is 24.0. The number of hydrogen-bond donors (Lipinski definition) is 0. The van der Waals surface area contributed by atoms with Crippen LogP contribution in [0.3, 0.4) is 0 Å². The van der Waals surface area contributed by atoms with Crippen LogP contribution < -0.4 is 0 Å². The van der Waals surface area contributed by atoms with E-state index in [4.69, 9.17) is 0 Å². The average Bonchev–Trinajstić information content (AvgIpc) is 3.57. The van der Waals surface area contributed by atoms with E-state index in [-0.39, 0.29) is 22.3 Å². The maximum atomic E-state index is 15.0. The third-order valence-electron chi connectivity index (χ3n) is 9.63. The van der Waals surface area contributed by atoms with Gasteiger partial charge in [-0.05, 0) is 98.5 Å². The molecule has 0 aliphatic heterocycles. The van der Waals surface area contributed by atoms with Crippen LogP contribution in [0.4, 0.5) is 13.2 Å². The third kappa shape index (κ3) is 4.66. The van der Waals surface area contributed by atoms with Crippen LogP contribution in [0, 0.1) is 50.4 Å². The lowest BCUT2D eigenvalue weighted by Crippen LogP contribution is -2.11. The molecule has 2 heterocycles. The van der Waals surface area contributed by atoms with Gasteiger partial charge in [-0.25, -0.2) is 0 Å². The van der Waals surface area contributed by atoms with E-state index in [1.807, 2.05) is 116 Å². The summed E-state index contributed by atoms with van der Waals surface area (Å²) in [5.41, 5.74) is 7.19. The van der Waals surface area contributed by atoms with Gasteiger partial charge in [0, 0.05) is 32.7 Å². The second-order valence-electron chi connectivity index (χ2n) is 13.1. The summed E-state index contributed by atoms with van der Waals surface area (Å²) in [5.74, 6) is 0. The maximum Gasteiger partial charge on any atom is 0.417 e. The molecule has 4 nitrogen and oxygen atoms in total. The maximum absolute atomic E-state index is 15.0. The quantitative estimate of drug-likeness (QED) is 0.190. The number of halogens is 3. The van der Waals surface area contributed by atoms with E-state index in [0.717, 1.165) is 71.9 Å². The van der Waals surface area contributed by atoms with Crippen molar-refractivity contribution in [3.63, 3.8) is 0 Å². The lowest BCUT2D eigenvalue weighted by Gasteiger charge is -2.22. The lowest BCUT2D eigenvalue weighted by atomic mass is 9.91. The van der Waals surface area contributed by atoms with Crippen LogP contribution in [-0.4, -0.2) is 9.13 Å². The molecule has 8 aromatic rings. The average molecular weight is 659 g/mol. The monoisotopic (exact) mass is 658 g/mol. The molecule has 0 radical (unpaired) electrons. The van der Waals surface area contributed by atoms with E-state index in [1.54, 1.807) is 12.1 Å². The fourth-order valence-corrected chi connectivity index (χ4v) is 7.40. The predicted octanol–water partition coefficient (Wildman–Crippen LogP) is 11.5. The van der Waals surface area contributed by atoms with Crippen molar-refractivity contribution in [3.05, 3.63) is 142 Å². The first kappa shape index (κ1) is 31.0. The molecule has 6 aromatic carbocycles. The highest BCUT2D eigenvalue weighted by atomic mass is 19.4. The number of alkyl halides is 3. The van der Waals surface area contributed by atoms with Crippen LogP contribution >= 0.6 is 0 Å². The molecule has 0 unspecified atom stereocenters. The topological polar surface area (TPSA) is 57.4 Å². The molecule has 0 saturated carbocycles. The smallest absolute Gasteiger partial charge is 0.309 e. The molecule has 0 fully saturated rings. The van der Waals surface area contributed by atoms with Crippen LogP contribution in [0.15, 0.2) is 103 Å². The number of fused-ring (bicyclic) bond motifs is 6. The summed E-state index contributed by atoms with van der Waals surface area (Å²) in [6, 6.07) is 35.8. The molecule has 0 aliphatic carbocycles. The van der Waals surface area contributed by atoms with Crippen LogP contribution in [0.25, 0.3) is 66.1 Å². The standard InChI is InChI=1S/C43H29F3N4/c1-24-8-12-30-31-13-9-25(2)17-38(31)49(37(30)16-24)36-21-34(42-28(22-47)6-5-7-35(42)43(44,45)46)41(20-29(36)23-48)50-39-18-26(3)10-14-32(39)33-15-11-27(4)19-40(33)50/h5-21H,1-4H3. The van der Waals surface area contributed by atoms with E-state index >= 15 is 0 Å². The fourth-order valence-electron chi connectivity index (χ4n) is 7.40. The highest BCUT2D eigenvalue weighted by Gasteiger charge is 2.36. The predicted molar refractivity (Wildman–Crippen MR) is 194 cm³/mol. The summed E-state index contributed by atoms with van der Waals surface area (Å²) < 4.78 is 48.9. The van der Waals surface area contributed by atoms with Gasteiger partial charge in [0.2, 0.25) is 0 Å². The molecule has 50 heavy (non-hydrogen) atoms. The Balaban J connectivity index is 1.62. The van der Waals surface area contributed by atoms with Gasteiger partial charge in [0.15, 0.2) is 0 Å². The Hall–Kier alpha value is -6.31. The molecule has 0 N–H and O–H groups in total. The summed E-state index contributed by atoms with van der Waals surface area (Å²) in [4.78, 5) is 0. The van der Waals surface area contributed by atoms with Gasteiger partial charge in [-0.1, -0.05) is 54.6 Å². The second kappa shape index (κ2) is 11.1. The zero-order chi connectivity index (χ0) is 35.1. The van der Waals surface area contributed by atoms with Crippen molar-refractivity contribution < 1.29 is 13.2 Å². The zero-order valence-electron chi connectivity index (χ0n) is 27.7.